The van der Waals surface area contributed by atoms with E-state index in [0.29, 0.717) is 10.5 Å². The maximum absolute atomic E-state index is 10.9. The van der Waals surface area contributed by atoms with Crippen molar-refractivity contribution in [1.29, 1.82) is 0 Å². The summed E-state index contributed by atoms with van der Waals surface area (Å²) in [6.07, 6.45) is 0.780. The summed E-state index contributed by atoms with van der Waals surface area (Å²) in [5, 5.41) is 8.90. The fourth-order valence-corrected chi connectivity index (χ4v) is 1.93. The maximum Gasteiger partial charge on any atom is 0.355 e. The molecule has 78 valence electrons. The molecule has 14 heavy (non-hydrogen) atoms. The standard InChI is InChI=1S/C9H13BrN2O2/c1-5(2)4-6-11-8(10)7(9(13)14)12(6)3/h5H,4H2,1-3H3,(H,13,14). The van der Waals surface area contributed by atoms with Crippen LogP contribution in [0.5, 0.6) is 0 Å². The van der Waals surface area contributed by atoms with Gasteiger partial charge in [0.15, 0.2) is 5.69 Å². The van der Waals surface area contributed by atoms with Gasteiger partial charge >= 0.3 is 5.97 Å². The normalized spacial score (nSPS) is 10.9. The Labute approximate surface area is 91.1 Å². The van der Waals surface area contributed by atoms with E-state index >= 15 is 0 Å². The molecule has 0 aliphatic rings. The zero-order valence-electron chi connectivity index (χ0n) is 8.41. The molecule has 0 spiro atoms. The van der Waals surface area contributed by atoms with Gasteiger partial charge in [0.05, 0.1) is 0 Å². The lowest BCUT2D eigenvalue weighted by Gasteiger charge is -2.05. The van der Waals surface area contributed by atoms with Crippen LogP contribution in [0.3, 0.4) is 0 Å². The minimum absolute atomic E-state index is 0.209. The summed E-state index contributed by atoms with van der Waals surface area (Å²) in [6, 6.07) is 0. The lowest BCUT2D eigenvalue weighted by atomic mass is 10.1. The summed E-state index contributed by atoms with van der Waals surface area (Å²) >= 11 is 3.15. The average molecular weight is 261 g/mol. The molecule has 1 rings (SSSR count). The third-order valence-corrected chi connectivity index (χ3v) is 2.49. The van der Waals surface area contributed by atoms with Crippen molar-refractivity contribution >= 4 is 21.9 Å². The molecule has 0 amide bonds. The molecule has 0 aliphatic heterocycles. The number of carboxylic acid groups (broad SMARTS) is 1. The highest BCUT2D eigenvalue weighted by Gasteiger charge is 2.18. The predicted molar refractivity (Wildman–Crippen MR) is 56.4 cm³/mol. The second kappa shape index (κ2) is 4.13. The minimum atomic E-state index is -0.957. The van der Waals surface area contributed by atoms with E-state index in [4.69, 9.17) is 5.11 Å². The third kappa shape index (κ3) is 2.15. The number of aromatic carboxylic acids is 1. The molecule has 0 saturated heterocycles. The molecule has 1 heterocycles. The van der Waals surface area contributed by atoms with Crippen LogP contribution in [0.15, 0.2) is 4.60 Å². The Hall–Kier alpha value is -0.840. The number of hydrogen-bond donors (Lipinski definition) is 1. The largest absolute Gasteiger partial charge is 0.476 e. The Kier molecular flexibility index (Phi) is 3.31. The van der Waals surface area contributed by atoms with Gasteiger partial charge in [-0.2, -0.15) is 0 Å². The van der Waals surface area contributed by atoms with Gasteiger partial charge in [-0.25, -0.2) is 9.78 Å². The molecular weight excluding hydrogens is 248 g/mol. The van der Waals surface area contributed by atoms with Crippen LogP contribution in [-0.2, 0) is 13.5 Å². The second-order valence-electron chi connectivity index (χ2n) is 3.63. The first-order valence-electron chi connectivity index (χ1n) is 4.37. The summed E-state index contributed by atoms with van der Waals surface area (Å²) in [6.45, 7) is 4.14. The molecule has 0 unspecified atom stereocenters. The number of aromatic nitrogens is 2. The minimum Gasteiger partial charge on any atom is -0.476 e. The number of nitrogens with zero attached hydrogens (tertiary/aromatic N) is 2. The van der Waals surface area contributed by atoms with E-state index in [1.165, 1.54) is 0 Å². The van der Waals surface area contributed by atoms with Crippen molar-refractivity contribution in [3.05, 3.63) is 16.1 Å². The zero-order chi connectivity index (χ0) is 10.9. The van der Waals surface area contributed by atoms with Crippen LogP contribution in [0.1, 0.15) is 30.2 Å². The lowest BCUT2D eigenvalue weighted by Crippen LogP contribution is -2.09. The highest BCUT2D eigenvalue weighted by Crippen LogP contribution is 2.18. The van der Waals surface area contributed by atoms with Crippen LogP contribution in [-0.4, -0.2) is 20.6 Å². The van der Waals surface area contributed by atoms with Gasteiger partial charge in [0.2, 0.25) is 0 Å². The van der Waals surface area contributed by atoms with Gasteiger partial charge < -0.3 is 9.67 Å². The van der Waals surface area contributed by atoms with Crippen LogP contribution in [0.4, 0.5) is 0 Å². The predicted octanol–water partition coefficient (Wildman–Crippen LogP) is 2.08. The number of imidazole rings is 1. The molecule has 0 fully saturated rings. The van der Waals surface area contributed by atoms with Gasteiger partial charge in [-0.1, -0.05) is 13.8 Å². The van der Waals surface area contributed by atoms with Crippen molar-refractivity contribution in [2.24, 2.45) is 13.0 Å². The van der Waals surface area contributed by atoms with E-state index in [0.717, 1.165) is 12.2 Å². The van der Waals surface area contributed by atoms with Crippen LogP contribution in [0.2, 0.25) is 0 Å². The number of halogens is 1. The van der Waals surface area contributed by atoms with E-state index in [1.54, 1.807) is 11.6 Å². The van der Waals surface area contributed by atoms with Crippen molar-refractivity contribution in [3.8, 4) is 0 Å². The number of carbonyl (C=O) groups is 1. The fourth-order valence-electron chi connectivity index (χ4n) is 1.29. The van der Waals surface area contributed by atoms with E-state index in [2.05, 4.69) is 34.8 Å². The van der Waals surface area contributed by atoms with Gasteiger partial charge in [-0.15, -0.1) is 0 Å². The molecule has 1 N–H and O–H groups in total. The molecule has 0 aliphatic carbocycles. The molecule has 1 aromatic heterocycles. The Morgan fingerprint density at radius 2 is 2.21 bits per heavy atom. The van der Waals surface area contributed by atoms with Crippen molar-refractivity contribution in [3.63, 3.8) is 0 Å². The van der Waals surface area contributed by atoms with Crippen molar-refractivity contribution in [2.75, 3.05) is 0 Å². The van der Waals surface area contributed by atoms with Gasteiger partial charge in [-0.3, -0.25) is 0 Å². The van der Waals surface area contributed by atoms with E-state index < -0.39 is 5.97 Å². The summed E-state index contributed by atoms with van der Waals surface area (Å²) in [5.74, 6) is 0.302. The first-order valence-corrected chi connectivity index (χ1v) is 5.17. The SMILES string of the molecule is CC(C)Cc1nc(Br)c(C(=O)O)n1C. The zero-order valence-corrected chi connectivity index (χ0v) is 10.00. The summed E-state index contributed by atoms with van der Waals surface area (Å²) in [7, 11) is 1.72. The molecular formula is C9H13BrN2O2. The number of carboxylic acids is 1. The molecule has 5 heteroatoms. The Bertz CT molecular complexity index is 358. The van der Waals surface area contributed by atoms with Crippen LogP contribution >= 0.6 is 15.9 Å². The lowest BCUT2D eigenvalue weighted by molar-refractivity contribution is 0.0685. The first-order chi connectivity index (χ1) is 6.43. The number of hydrogen-bond acceptors (Lipinski definition) is 2. The summed E-state index contributed by atoms with van der Waals surface area (Å²) < 4.78 is 2.02. The van der Waals surface area contributed by atoms with Gasteiger partial charge in [0.25, 0.3) is 0 Å². The average Bonchev–Trinajstić information content (AvgIpc) is 2.25. The highest BCUT2D eigenvalue weighted by atomic mass is 79.9. The van der Waals surface area contributed by atoms with E-state index in [9.17, 15) is 4.79 Å². The topological polar surface area (TPSA) is 55.1 Å². The fraction of sp³-hybridized carbons (Fsp3) is 0.556. The van der Waals surface area contributed by atoms with Gasteiger partial charge in [-0.05, 0) is 21.8 Å². The Morgan fingerprint density at radius 3 is 2.57 bits per heavy atom. The molecule has 0 atom stereocenters. The molecule has 1 aromatic rings. The van der Waals surface area contributed by atoms with Gasteiger partial charge in [0, 0.05) is 13.5 Å². The Morgan fingerprint density at radius 1 is 1.64 bits per heavy atom. The Balaban J connectivity index is 3.10. The summed E-state index contributed by atoms with van der Waals surface area (Å²) in [4.78, 5) is 15.0. The quantitative estimate of drug-likeness (QED) is 0.906. The van der Waals surface area contributed by atoms with E-state index in [-0.39, 0.29) is 5.69 Å². The summed E-state index contributed by atoms with van der Waals surface area (Å²) in [5.41, 5.74) is 0.209. The van der Waals surface area contributed by atoms with Gasteiger partial charge in [0.1, 0.15) is 10.4 Å². The monoisotopic (exact) mass is 260 g/mol. The molecule has 0 aromatic carbocycles. The smallest absolute Gasteiger partial charge is 0.355 e. The van der Waals surface area contributed by atoms with Crippen molar-refractivity contribution < 1.29 is 9.90 Å². The van der Waals surface area contributed by atoms with Crippen LogP contribution in [0, 0.1) is 5.92 Å². The number of rotatable bonds is 3. The van der Waals surface area contributed by atoms with Crippen molar-refractivity contribution in [1.82, 2.24) is 9.55 Å². The molecule has 0 radical (unpaired) electrons. The highest BCUT2D eigenvalue weighted by molar-refractivity contribution is 9.10. The molecule has 4 nitrogen and oxygen atoms in total. The van der Waals surface area contributed by atoms with Crippen molar-refractivity contribution in [2.45, 2.75) is 20.3 Å². The van der Waals surface area contributed by atoms with Crippen LogP contribution in [0.25, 0.3) is 0 Å². The maximum atomic E-state index is 10.9. The second-order valence-corrected chi connectivity index (χ2v) is 4.38. The molecule has 0 bridgehead atoms. The van der Waals surface area contributed by atoms with Crippen LogP contribution < -0.4 is 0 Å². The first kappa shape index (κ1) is 11.2. The van der Waals surface area contributed by atoms with E-state index in [1.807, 2.05) is 0 Å². The molecule has 0 saturated carbocycles. The third-order valence-electron chi connectivity index (χ3n) is 1.94.